The van der Waals surface area contributed by atoms with Crippen molar-refractivity contribution in [3.05, 3.63) is 53.3 Å². The Kier molecular flexibility index (Phi) is 2.91. The molecule has 0 bridgehead atoms. The van der Waals surface area contributed by atoms with Crippen molar-refractivity contribution in [1.29, 1.82) is 0 Å². The van der Waals surface area contributed by atoms with Crippen LogP contribution in [-0.4, -0.2) is 24.0 Å². The molecule has 0 atom stereocenters. The number of hydrogen-bond donors (Lipinski definition) is 0. The molecule has 0 saturated carbocycles. The molecule has 0 saturated heterocycles. The van der Waals surface area contributed by atoms with Crippen LogP contribution in [0.2, 0.25) is 0 Å². The lowest BCUT2D eigenvalue weighted by Crippen LogP contribution is -2.18. The van der Waals surface area contributed by atoms with Gasteiger partial charge in [0.15, 0.2) is 17.3 Å². The van der Waals surface area contributed by atoms with Crippen molar-refractivity contribution in [3.8, 4) is 11.5 Å². The van der Waals surface area contributed by atoms with Gasteiger partial charge in [0.05, 0.1) is 5.56 Å². The summed E-state index contributed by atoms with van der Waals surface area (Å²) in [7, 11) is 0. The molecule has 0 spiro atoms. The number of aryl methyl sites for hydroxylation is 1. The monoisotopic (exact) mass is 255 g/mol. The van der Waals surface area contributed by atoms with Gasteiger partial charge < -0.3 is 9.47 Å². The number of para-hydroxylation sites is 1. The number of pyridine rings is 1. The Morgan fingerprint density at radius 1 is 1.21 bits per heavy atom. The predicted octanol–water partition coefficient (Wildman–Crippen LogP) is 2.39. The fourth-order valence-corrected chi connectivity index (χ4v) is 2.09. The molecular weight excluding hydrogens is 242 g/mol. The van der Waals surface area contributed by atoms with E-state index in [0.717, 1.165) is 5.56 Å². The Balaban J connectivity index is 2.05. The van der Waals surface area contributed by atoms with Gasteiger partial charge in [-0.2, -0.15) is 0 Å². The lowest BCUT2D eigenvalue weighted by Gasteiger charge is -2.20. The molecule has 0 amide bonds. The number of ether oxygens (including phenoxy) is 2. The van der Waals surface area contributed by atoms with Gasteiger partial charge >= 0.3 is 0 Å². The molecule has 1 aromatic carbocycles. The van der Waals surface area contributed by atoms with Crippen molar-refractivity contribution >= 4 is 5.78 Å². The minimum absolute atomic E-state index is 0.0986. The first-order valence-corrected chi connectivity index (χ1v) is 6.10. The maximum Gasteiger partial charge on any atom is 0.198 e. The summed E-state index contributed by atoms with van der Waals surface area (Å²) in [5, 5.41) is 0. The van der Waals surface area contributed by atoms with Crippen LogP contribution in [0.4, 0.5) is 0 Å². The highest BCUT2D eigenvalue weighted by molar-refractivity contribution is 6.11. The van der Waals surface area contributed by atoms with E-state index in [4.69, 9.17) is 9.47 Å². The van der Waals surface area contributed by atoms with Crippen molar-refractivity contribution in [2.75, 3.05) is 13.2 Å². The topological polar surface area (TPSA) is 48.4 Å². The summed E-state index contributed by atoms with van der Waals surface area (Å²) in [6, 6.07) is 7.17. The number of hydrogen-bond acceptors (Lipinski definition) is 4. The minimum Gasteiger partial charge on any atom is -0.486 e. The second-order valence-corrected chi connectivity index (χ2v) is 4.41. The maximum atomic E-state index is 12.5. The zero-order valence-corrected chi connectivity index (χ0v) is 10.6. The van der Waals surface area contributed by atoms with E-state index < -0.39 is 0 Å². The Labute approximate surface area is 111 Å². The average Bonchev–Trinajstić information content (AvgIpc) is 2.46. The Morgan fingerprint density at radius 2 is 2.05 bits per heavy atom. The normalized spacial score (nSPS) is 13.1. The van der Waals surface area contributed by atoms with Crippen LogP contribution in [0.25, 0.3) is 0 Å². The van der Waals surface area contributed by atoms with Gasteiger partial charge in [-0.3, -0.25) is 9.78 Å². The molecule has 19 heavy (non-hydrogen) atoms. The van der Waals surface area contributed by atoms with Crippen LogP contribution in [-0.2, 0) is 0 Å². The van der Waals surface area contributed by atoms with Crippen LogP contribution >= 0.6 is 0 Å². The van der Waals surface area contributed by atoms with Gasteiger partial charge in [-0.25, -0.2) is 0 Å². The van der Waals surface area contributed by atoms with Gasteiger partial charge in [-0.1, -0.05) is 6.07 Å². The molecule has 2 heterocycles. The molecule has 0 N–H and O–H groups in total. The molecule has 0 fully saturated rings. The second kappa shape index (κ2) is 4.72. The summed E-state index contributed by atoms with van der Waals surface area (Å²) >= 11 is 0. The lowest BCUT2D eigenvalue weighted by molar-refractivity contribution is 0.102. The summed E-state index contributed by atoms with van der Waals surface area (Å²) in [5.41, 5.74) is 2.03. The summed E-state index contributed by atoms with van der Waals surface area (Å²) < 4.78 is 11.0. The van der Waals surface area contributed by atoms with E-state index in [1.807, 2.05) is 13.0 Å². The summed E-state index contributed by atoms with van der Waals surface area (Å²) in [5.74, 6) is 1.05. The van der Waals surface area contributed by atoms with Crippen LogP contribution < -0.4 is 9.47 Å². The average molecular weight is 255 g/mol. The van der Waals surface area contributed by atoms with Crippen molar-refractivity contribution in [2.45, 2.75) is 6.92 Å². The Morgan fingerprint density at radius 3 is 2.89 bits per heavy atom. The third-order valence-electron chi connectivity index (χ3n) is 2.95. The van der Waals surface area contributed by atoms with Gasteiger partial charge in [-0.05, 0) is 30.7 Å². The van der Waals surface area contributed by atoms with Crippen LogP contribution in [0.15, 0.2) is 36.7 Å². The molecule has 3 rings (SSSR count). The van der Waals surface area contributed by atoms with E-state index in [1.165, 1.54) is 0 Å². The van der Waals surface area contributed by atoms with Crippen molar-refractivity contribution in [1.82, 2.24) is 4.98 Å². The number of aromatic nitrogens is 1. The number of nitrogens with zero attached hydrogens (tertiary/aromatic N) is 1. The van der Waals surface area contributed by atoms with E-state index in [9.17, 15) is 4.79 Å². The van der Waals surface area contributed by atoms with Gasteiger partial charge in [-0.15, -0.1) is 0 Å². The number of ketones is 1. The fraction of sp³-hybridized carbons (Fsp3) is 0.200. The van der Waals surface area contributed by atoms with Crippen LogP contribution in [0.1, 0.15) is 21.5 Å². The molecule has 1 aliphatic heterocycles. The second-order valence-electron chi connectivity index (χ2n) is 4.41. The van der Waals surface area contributed by atoms with Gasteiger partial charge in [0.25, 0.3) is 0 Å². The zero-order chi connectivity index (χ0) is 13.2. The fourth-order valence-electron chi connectivity index (χ4n) is 2.09. The van der Waals surface area contributed by atoms with Gasteiger partial charge in [0, 0.05) is 18.0 Å². The van der Waals surface area contributed by atoms with Crippen LogP contribution in [0, 0.1) is 6.92 Å². The number of carbonyl (C=O) groups excluding carboxylic acids is 1. The smallest absolute Gasteiger partial charge is 0.198 e. The molecule has 4 heteroatoms. The molecule has 0 unspecified atom stereocenters. The molecule has 96 valence electrons. The number of carbonyl (C=O) groups is 1. The van der Waals surface area contributed by atoms with E-state index in [1.54, 1.807) is 30.6 Å². The number of rotatable bonds is 2. The Bertz CT molecular complexity index is 637. The van der Waals surface area contributed by atoms with E-state index in [0.29, 0.717) is 35.8 Å². The molecule has 1 aromatic heterocycles. The van der Waals surface area contributed by atoms with E-state index >= 15 is 0 Å². The largest absolute Gasteiger partial charge is 0.486 e. The summed E-state index contributed by atoms with van der Waals surface area (Å²) in [6.45, 7) is 2.88. The zero-order valence-electron chi connectivity index (χ0n) is 10.6. The van der Waals surface area contributed by atoms with Crippen LogP contribution in [0.3, 0.4) is 0 Å². The van der Waals surface area contributed by atoms with E-state index in [2.05, 4.69) is 4.98 Å². The molecule has 1 aliphatic rings. The first-order valence-electron chi connectivity index (χ1n) is 6.10. The van der Waals surface area contributed by atoms with Gasteiger partial charge in [0.1, 0.15) is 13.2 Å². The third-order valence-corrected chi connectivity index (χ3v) is 2.95. The molecular formula is C15H13NO3. The minimum atomic E-state index is -0.0986. The number of benzene rings is 1. The highest BCUT2D eigenvalue weighted by Crippen LogP contribution is 2.34. The summed E-state index contributed by atoms with van der Waals surface area (Å²) in [6.07, 6.45) is 3.29. The molecule has 0 radical (unpaired) electrons. The maximum absolute atomic E-state index is 12.5. The van der Waals surface area contributed by atoms with E-state index in [-0.39, 0.29) is 5.78 Å². The predicted molar refractivity (Wildman–Crippen MR) is 69.8 cm³/mol. The van der Waals surface area contributed by atoms with Crippen molar-refractivity contribution in [2.24, 2.45) is 0 Å². The lowest BCUT2D eigenvalue weighted by atomic mass is 10.0. The SMILES string of the molecule is Cc1cncc(C(=O)c2cccc3c2OCCO3)c1. The van der Waals surface area contributed by atoms with Crippen LogP contribution in [0.5, 0.6) is 11.5 Å². The highest BCUT2D eigenvalue weighted by Gasteiger charge is 2.21. The van der Waals surface area contributed by atoms with Gasteiger partial charge in [0.2, 0.25) is 0 Å². The standard InChI is InChI=1S/C15H13NO3/c1-10-7-11(9-16-8-10)14(17)12-3-2-4-13-15(12)19-6-5-18-13/h2-4,7-9H,5-6H2,1H3. The molecule has 4 nitrogen and oxygen atoms in total. The summed E-state index contributed by atoms with van der Waals surface area (Å²) in [4.78, 5) is 16.5. The number of fused-ring (bicyclic) bond motifs is 1. The first kappa shape index (κ1) is 11.7. The first-order chi connectivity index (χ1) is 9.25. The Hall–Kier alpha value is -2.36. The highest BCUT2D eigenvalue weighted by atomic mass is 16.6. The van der Waals surface area contributed by atoms with Crippen molar-refractivity contribution < 1.29 is 14.3 Å². The quantitative estimate of drug-likeness (QED) is 0.773. The molecule has 2 aromatic rings. The molecule has 0 aliphatic carbocycles. The van der Waals surface area contributed by atoms with Crippen molar-refractivity contribution in [3.63, 3.8) is 0 Å². The third kappa shape index (κ3) is 2.17.